The van der Waals surface area contributed by atoms with Crippen molar-refractivity contribution < 1.29 is 0 Å². The maximum atomic E-state index is 4.50. The molecule has 0 aliphatic carbocycles. The Balaban J connectivity index is 1.30. The molecule has 2 fully saturated rings. The molecule has 25 heavy (non-hydrogen) atoms. The van der Waals surface area contributed by atoms with E-state index < -0.39 is 0 Å². The molecule has 0 bridgehead atoms. The summed E-state index contributed by atoms with van der Waals surface area (Å²) in [4.78, 5) is 9.70. The predicted molar refractivity (Wildman–Crippen MR) is 98.8 cm³/mol. The van der Waals surface area contributed by atoms with Crippen molar-refractivity contribution in [2.24, 2.45) is 17.8 Å². The highest BCUT2D eigenvalue weighted by Gasteiger charge is 2.39. The first-order valence-electron chi connectivity index (χ1n) is 9.52. The van der Waals surface area contributed by atoms with Crippen LogP contribution in [0.25, 0.3) is 0 Å². The molecular formula is C20H29N5. The number of hydrogen-bond acceptors (Lipinski definition) is 4. The molecule has 1 aromatic carbocycles. The van der Waals surface area contributed by atoms with Crippen molar-refractivity contribution in [3.63, 3.8) is 0 Å². The van der Waals surface area contributed by atoms with E-state index in [2.05, 4.69) is 68.7 Å². The van der Waals surface area contributed by atoms with Gasteiger partial charge in [0.25, 0.3) is 0 Å². The minimum atomic E-state index is 0.602. The monoisotopic (exact) mass is 339 g/mol. The van der Waals surface area contributed by atoms with Crippen molar-refractivity contribution in [2.75, 3.05) is 26.2 Å². The summed E-state index contributed by atoms with van der Waals surface area (Å²) in [7, 11) is 0. The minimum absolute atomic E-state index is 0.602. The van der Waals surface area contributed by atoms with Crippen molar-refractivity contribution >= 4 is 0 Å². The van der Waals surface area contributed by atoms with Gasteiger partial charge in [-0.05, 0) is 23.3 Å². The van der Waals surface area contributed by atoms with Crippen LogP contribution >= 0.6 is 0 Å². The molecule has 0 amide bonds. The first-order chi connectivity index (χ1) is 12.2. The molecule has 2 aliphatic rings. The van der Waals surface area contributed by atoms with Gasteiger partial charge in [0.05, 0.1) is 6.54 Å². The molecule has 2 saturated heterocycles. The second-order valence-electron chi connectivity index (χ2n) is 8.15. The predicted octanol–water partition coefficient (Wildman–Crippen LogP) is 2.50. The molecule has 2 atom stereocenters. The van der Waals surface area contributed by atoms with Gasteiger partial charge in [-0.1, -0.05) is 44.2 Å². The molecule has 1 aromatic heterocycles. The Morgan fingerprint density at radius 1 is 0.960 bits per heavy atom. The van der Waals surface area contributed by atoms with Gasteiger partial charge in [-0.2, -0.15) is 5.10 Å². The van der Waals surface area contributed by atoms with E-state index in [1.54, 1.807) is 6.33 Å². The Morgan fingerprint density at radius 2 is 1.60 bits per heavy atom. The number of fused-ring (bicyclic) bond motifs is 1. The van der Waals surface area contributed by atoms with E-state index in [0.29, 0.717) is 5.92 Å². The Kier molecular flexibility index (Phi) is 4.86. The molecular weight excluding hydrogens is 310 g/mol. The molecule has 0 unspecified atom stereocenters. The summed E-state index contributed by atoms with van der Waals surface area (Å²) in [6.45, 7) is 12.3. The van der Waals surface area contributed by atoms with Crippen LogP contribution in [0.15, 0.2) is 36.7 Å². The van der Waals surface area contributed by atoms with Crippen LogP contribution in [0.4, 0.5) is 0 Å². The third-order valence-corrected chi connectivity index (χ3v) is 5.49. The summed E-state index contributed by atoms with van der Waals surface area (Å²) in [5.74, 6) is 3.34. The third-order valence-electron chi connectivity index (χ3n) is 5.49. The molecule has 0 saturated carbocycles. The lowest BCUT2D eigenvalue weighted by atomic mass is 10.0. The van der Waals surface area contributed by atoms with Crippen molar-refractivity contribution in [1.82, 2.24) is 24.6 Å². The third kappa shape index (κ3) is 3.93. The van der Waals surface area contributed by atoms with E-state index in [4.69, 9.17) is 0 Å². The molecule has 0 spiro atoms. The van der Waals surface area contributed by atoms with Crippen LogP contribution in [0.3, 0.4) is 0 Å². The van der Waals surface area contributed by atoms with Crippen molar-refractivity contribution in [2.45, 2.75) is 33.5 Å². The zero-order valence-electron chi connectivity index (χ0n) is 15.4. The van der Waals surface area contributed by atoms with E-state index in [9.17, 15) is 0 Å². The highest BCUT2D eigenvalue weighted by atomic mass is 15.4. The number of likely N-dealkylation sites (tertiary alicyclic amines) is 2. The zero-order chi connectivity index (χ0) is 17.2. The van der Waals surface area contributed by atoms with Gasteiger partial charge in [0.1, 0.15) is 12.2 Å². The first kappa shape index (κ1) is 16.7. The van der Waals surface area contributed by atoms with Gasteiger partial charge in [-0.25, -0.2) is 9.67 Å². The van der Waals surface area contributed by atoms with E-state index in [1.807, 2.05) is 0 Å². The van der Waals surface area contributed by atoms with Crippen LogP contribution < -0.4 is 0 Å². The largest absolute Gasteiger partial charge is 0.298 e. The Bertz CT molecular complexity index is 666. The summed E-state index contributed by atoms with van der Waals surface area (Å²) >= 11 is 0. The molecule has 3 heterocycles. The van der Waals surface area contributed by atoms with E-state index >= 15 is 0 Å². The molecule has 134 valence electrons. The molecule has 2 aliphatic heterocycles. The second kappa shape index (κ2) is 7.26. The van der Waals surface area contributed by atoms with Gasteiger partial charge in [-0.15, -0.1) is 0 Å². The van der Waals surface area contributed by atoms with Gasteiger partial charge >= 0.3 is 0 Å². The van der Waals surface area contributed by atoms with Crippen molar-refractivity contribution in [3.8, 4) is 0 Å². The van der Waals surface area contributed by atoms with Gasteiger partial charge < -0.3 is 0 Å². The molecule has 5 nitrogen and oxygen atoms in total. The molecule has 5 heteroatoms. The van der Waals surface area contributed by atoms with Crippen LogP contribution in [0, 0.1) is 17.8 Å². The van der Waals surface area contributed by atoms with Gasteiger partial charge in [0.2, 0.25) is 0 Å². The average molecular weight is 339 g/mol. The number of aromatic nitrogens is 3. The van der Waals surface area contributed by atoms with Gasteiger partial charge in [0, 0.05) is 39.3 Å². The summed E-state index contributed by atoms with van der Waals surface area (Å²) in [5, 5.41) is 4.40. The average Bonchev–Trinajstić information content (AvgIpc) is 3.24. The lowest BCUT2D eigenvalue weighted by Crippen LogP contribution is -2.29. The number of rotatable bonds is 6. The summed E-state index contributed by atoms with van der Waals surface area (Å²) in [5.41, 5.74) is 1.43. The quantitative estimate of drug-likeness (QED) is 0.810. The van der Waals surface area contributed by atoms with Gasteiger partial charge in [0.15, 0.2) is 0 Å². The lowest BCUT2D eigenvalue weighted by Gasteiger charge is -2.21. The highest BCUT2D eigenvalue weighted by molar-refractivity contribution is 5.15. The molecule has 2 aromatic rings. The minimum Gasteiger partial charge on any atom is -0.298 e. The topological polar surface area (TPSA) is 37.2 Å². The van der Waals surface area contributed by atoms with Crippen molar-refractivity contribution in [1.29, 1.82) is 0 Å². The highest BCUT2D eigenvalue weighted by Crippen LogP contribution is 2.32. The van der Waals surface area contributed by atoms with E-state index in [1.165, 1.54) is 31.7 Å². The van der Waals surface area contributed by atoms with Crippen LogP contribution in [0.2, 0.25) is 0 Å². The van der Waals surface area contributed by atoms with Crippen LogP contribution in [-0.2, 0) is 19.6 Å². The molecule has 0 N–H and O–H groups in total. The number of hydrogen-bond donors (Lipinski definition) is 0. The standard InChI is InChI=1S/C20H29N5/c1-16(2)8-25-20(21-15-22-25)14-24-12-18-10-23(11-19(18)13-24)9-17-6-4-3-5-7-17/h3-7,15-16,18-19H,8-14H2,1-2H3/t18-,19+. The Hall–Kier alpha value is -1.72. The van der Waals surface area contributed by atoms with Crippen molar-refractivity contribution in [3.05, 3.63) is 48.0 Å². The fourth-order valence-corrected chi connectivity index (χ4v) is 4.40. The Labute approximate surface area is 150 Å². The van der Waals surface area contributed by atoms with Crippen LogP contribution in [-0.4, -0.2) is 50.7 Å². The first-order valence-corrected chi connectivity index (χ1v) is 9.52. The fourth-order valence-electron chi connectivity index (χ4n) is 4.40. The zero-order valence-corrected chi connectivity index (χ0v) is 15.4. The van der Waals surface area contributed by atoms with Crippen LogP contribution in [0.1, 0.15) is 25.2 Å². The van der Waals surface area contributed by atoms with Gasteiger partial charge in [-0.3, -0.25) is 9.80 Å². The molecule has 4 rings (SSSR count). The maximum Gasteiger partial charge on any atom is 0.141 e. The van der Waals surface area contributed by atoms with E-state index in [0.717, 1.165) is 37.3 Å². The SMILES string of the molecule is CC(C)Cn1ncnc1CN1C[C@H]2CN(Cc3ccccc3)C[C@H]2C1. The smallest absolute Gasteiger partial charge is 0.141 e. The molecule has 0 radical (unpaired) electrons. The van der Waals surface area contributed by atoms with E-state index in [-0.39, 0.29) is 0 Å². The summed E-state index contributed by atoms with van der Waals surface area (Å²) in [6, 6.07) is 10.9. The maximum absolute atomic E-state index is 4.50. The second-order valence-corrected chi connectivity index (χ2v) is 8.15. The van der Waals surface area contributed by atoms with Crippen LogP contribution in [0.5, 0.6) is 0 Å². The summed E-state index contributed by atoms with van der Waals surface area (Å²) < 4.78 is 2.08. The Morgan fingerprint density at radius 3 is 2.24 bits per heavy atom. The fraction of sp³-hybridized carbons (Fsp3) is 0.600. The normalized spacial score (nSPS) is 24.3. The summed E-state index contributed by atoms with van der Waals surface area (Å²) in [6.07, 6.45) is 1.70. The number of benzene rings is 1. The number of nitrogens with zero attached hydrogens (tertiary/aromatic N) is 5. The lowest BCUT2D eigenvalue weighted by molar-refractivity contribution is 0.239.